The zero-order chi connectivity index (χ0) is 11.3. The molecule has 0 radical (unpaired) electrons. The maximum atomic E-state index is 11.3. The maximum absolute atomic E-state index is 11.3. The second-order valence-corrected chi connectivity index (χ2v) is 4.06. The molecule has 1 amide bonds. The van der Waals surface area contributed by atoms with E-state index in [0.717, 1.165) is 12.1 Å². The summed E-state index contributed by atoms with van der Waals surface area (Å²) in [5.41, 5.74) is 0.886. The molecule has 1 N–H and O–H groups in total. The van der Waals surface area contributed by atoms with Crippen LogP contribution in [0.5, 0.6) is 0 Å². The Morgan fingerprint density at radius 1 is 1.60 bits per heavy atom. The van der Waals surface area contributed by atoms with Gasteiger partial charge in [0.1, 0.15) is 6.26 Å². The third kappa shape index (κ3) is 4.63. The highest BCUT2D eigenvalue weighted by atomic mass is 16.3. The molecule has 4 nitrogen and oxygen atoms in total. The van der Waals surface area contributed by atoms with Gasteiger partial charge in [0.2, 0.25) is 5.91 Å². The van der Waals surface area contributed by atoms with Crippen LogP contribution in [0.25, 0.3) is 0 Å². The molecule has 0 atom stereocenters. The third-order valence-corrected chi connectivity index (χ3v) is 1.96. The molecule has 0 saturated carbocycles. The van der Waals surface area contributed by atoms with Crippen LogP contribution in [-0.2, 0) is 11.2 Å². The van der Waals surface area contributed by atoms with Gasteiger partial charge in [0.05, 0.1) is 5.69 Å². The van der Waals surface area contributed by atoms with Gasteiger partial charge >= 0.3 is 0 Å². The van der Waals surface area contributed by atoms with E-state index < -0.39 is 0 Å². The summed E-state index contributed by atoms with van der Waals surface area (Å²) in [5.74, 6) is 1.17. The Morgan fingerprint density at radius 3 is 2.87 bits per heavy atom. The van der Waals surface area contributed by atoms with E-state index in [9.17, 15) is 4.79 Å². The van der Waals surface area contributed by atoms with Crippen molar-refractivity contribution in [1.29, 1.82) is 0 Å². The molecular weight excluding hydrogens is 192 g/mol. The highest BCUT2D eigenvalue weighted by Gasteiger charge is 2.04. The van der Waals surface area contributed by atoms with Gasteiger partial charge in [-0.1, -0.05) is 13.8 Å². The van der Waals surface area contributed by atoms with Gasteiger partial charge in [0.25, 0.3) is 0 Å². The minimum atomic E-state index is 0.102. The molecule has 4 heteroatoms. The Labute approximate surface area is 90.1 Å². The first-order valence-electron chi connectivity index (χ1n) is 5.25. The highest BCUT2D eigenvalue weighted by molar-refractivity contribution is 5.75. The Hall–Kier alpha value is -1.32. The quantitative estimate of drug-likeness (QED) is 0.804. The van der Waals surface area contributed by atoms with Crippen molar-refractivity contribution in [3.05, 3.63) is 17.8 Å². The average molecular weight is 210 g/mol. The normalized spacial score (nSPS) is 10.7. The highest BCUT2D eigenvalue weighted by Crippen LogP contribution is 2.01. The fourth-order valence-corrected chi connectivity index (χ4v) is 1.30. The summed E-state index contributed by atoms with van der Waals surface area (Å²) in [6.07, 6.45) is 2.93. The average Bonchev–Trinajstić information content (AvgIpc) is 2.50. The van der Waals surface area contributed by atoms with Gasteiger partial charge in [-0.15, -0.1) is 0 Å². The predicted molar refractivity (Wildman–Crippen MR) is 57.4 cm³/mol. The zero-order valence-electron chi connectivity index (χ0n) is 9.54. The van der Waals surface area contributed by atoms with E-state index in [1.54, 1.807) is 13.2 Å². The zero-order valence-corrected chi connectivity index (χ0v) is 9.54. The smallest absolute Gasteiger partial charge is 0.220 e. The van der Waals surface area contributed by atoms with Crippen molar-refractivity contribution in [2.45, 2.75) is 33.6 Å². The second kappa shape index (κ2) is 5.53. The molecule has 0 aromatic carbocycles. The van der Waals surface area contributed by atoms with Crippen molar-refractivity contribution >= 4 is 5.91 Å². The molecule has 0 unspecified atom stereocenters. The Kier molecular flexibility index (Phi) is 4.34. The van der Waals surface area contributed by atoms with Crippen molar-refractivity contribution in [3.63, 3.8) is 0 Å². The molecule has 84 valence electrons. The van der Waals surface area contributed by atoms with Crippen LogP contribution in [0, 0.1) is 12.8 Å². The lowest BCUT2D eigenvalue weighted by atomic mass is 10.1. The van der Waals surface area contributed by atoms with E-state index in [4.69, 9.17) is 4.42 Å². The van der Waals surface area contributed by atoms with E-state index in [0.29, 0.717) is 24.8 Å². The number of nitrogens with zero attached hydrogens (tertiary/aromatic N) is 1. The summed E-state index contributed by atoms with van der Waals surface area (Å²) in [5, 5.41) is 2.85. The number of nitrogens with one attached hydrogen (secondary N) is 1. The number of aromatic nitrogens is 1. The molecule has 0 spiro atoms. The summed E-state index contributed by atoms with van der Waals surface area (Å²) >= 11 is 0. The van der Waals surface area contributed by atoms with Gasteiger partial charge in [0, 0.05) is 26.3 Å². The standard InChI is InChI=1S/C11H18N2O2/c1-8(2)6-11(14)12-5-4-10-7-15-9(3)13-10/h7-8H,4-6H2,1-3H3,(H,12,14). The number of carbonyl (C=O) groups is 1. The fourth-order valence-electron chi connectivity index (χ4n) is 1.30. The first kappa shape index (κ1) is 11.8. The van der Waals surface area contributed by atoms with E-state index in [2.05, 4.69) is 10.3 Å². The van der Waals surface area contributed by atoms with Crippen LogP contribution in [0.15, 0.2) is 10.7 Å². The van der Waals surface area contributed by atoms with Gasteiger partial charge in [-0.05, 0) is 5.92 Å². The first-order chi connectivity index (χ1) is 7.08. The largest absolute Gasteiger partial charge is 0.449 e. The Morgan fingerprint density at radius 2 is 2.33 bits per heavy atom. The Balaban J connectivity index is 2.19. The SMILES string of the molecule is Cc1nc(CCNC(=O)CC(C)C)co1. The molecule has 0 fully saturated rings. The number of hydrogen-bond donors (Lipinski definition) is 1. The third-order valence-electron chi connectivity index (χ3n) is 1.96. The lowest BCUT2D eigenvalue weighted by Crippen LogP contribution is -2.26. The van der Waals surface area contributed by atoms with E-state index in [-0.39, 0.29) is 5.91 Å². The van der Waals surface area contributed by atoms with Crippen LogP contribution in [0.3, 0.4) is 0 Å². The van der Waals surface area contributed by atoms with Crippen LogP contribution in [0.1, 0.15) is 31.9 Å². The van der Waals surface area contributed by atoms with Crippen molar-refractivity contribution in [2.24, 2.45) is 5.92 Å². The van der Waals surface area contributed by atoms with Gasteiger partial charge in [-0.25, -0.2) is 4.98 Å². The van der Waals surface area contributed by atoms with Gasteiger partial charge in [-0.3, -0.25) is 4.79 Å². The summed E-state index contributed by atoms with van der Waals surface area (Å²) in [4.78, 5) is 15.4. The number of aryl methyl sites for hydroxylation is 1. The summed E-state index contributed by atoms with van der Waals surface area (Å²) in [6.45, 7) is 6.49. The molecule has 15 heavy (non-hydrogen) atoms. The molecule has 0 aliphatic heterocycles. The lowest BCUT2D eigenvalue weighted by molar-refractivity contribution is -0.121. The molecule has 1 rings (SSSR count). The van der Waals surface area contributed by atoms with E-state index in [1.165, 1.54) is 0 Å². The molecule has 0 bridgehead atoms. The minimum absolute atomic E-state index is 0.102. The molecule has 1 aromatic heterocycles. The van der Waals surface area contributed by atoms with Crippen molar-refractivity contribution in [3.8, 4) is 0 Å². The number of carbonyl (C=O) groups excluding carboxylic acids is 1. The molecule has 1 heterocycles. The van der Waals surface area contributed by atoms with E-state index >= 15 is 0 Å². The molecule has 0 aliphatic carbocycles. The van der Waals surface area contributed by atoms with Crippen LogP contribution in [0.2, 0.25) is 0 Å². The number of hydrogen-bond acceptors (Lipinski definition) is 3. The van der Waals surface area contributed by atoms with Crippen LogP contribution < -0.4 is 5.32 Å². The fraction of sp³-hybridized carbons (Fsp3) is 0.636. The van der Waals surface area contributed by atoms with Gasteiger partial charge < -0.3 is 9.73 Å². The van der Waals surface area contributed by atoms with Crippen molar-refractivity contribution in [1.82, 2.24) is 10.3 Å². The molecular formula is C11H18N2O2. The predicted octanol–water partition coefficient (Wildman–Crippen LogP) is 1.69. The monoisotopic (exact) mass is 210 g/mol. The topological polar surface area (TPSA) is 55.1 Å². The summed E-state index contributed by atoms with van der Waals surface area (Å²) in [7, 11) is 0. The van der Waals surface area contributed by atoms with Crippen molar-refractivity contribution in [2.75, 3.05) is 6.54 Å². The van der Waals surface area contributed by atoms with Crippen LogP contribution in [-0.4, -0.2) is 17.4 Å². The summed E-state index contributed by atoms with van der Waals surface area (Å²) in [6, 6.07) is 0. The van der Waals surface area contributed by atoms with Gasteiger partial charge in [-0.2, -0.15) is 0 Å². The summed E-state index contributed by atoms with van der Waals surface area (Å²) < 4.78 is 5.06. The second-order valence-electron chi connectivity index (χ2n) is 4.06. The molecule has 1 aromatic rings. The minimum Gasteiger partial charge on any atom is -0.449 e. The maximum Gasteiger partial charge on any atom is 0.220 e. The number of rotatable bonds is 5. The first-order valence-corrected chi connectivity index (χ1v) is 5.25. The number of amides is 1. The molecule has 0 saturated heterocycles. The number of oxazole rings is 1. The van der Waals surface area contributed by atoms with Crippen LogP contribution >= 0.6 is 0 Å². The van der Waals surface area contributed by atoms with Crippen LogP contribution in [0.4, 0.5) is 0 Å². The Bertz CT molecular complexity index is 318. The lowest BCUT2D eigenvalue weighted by Gasteiger charge is -2.05. The van der Waals surface area contributed by atoms with Gasteiger partial charge in [0.15, 0.2) is 5.89 Å². The van der Waals surface area contributed by atoms with E-state index in [1.807, 2.05) is 13.8 Å². The molecule has 0 aliphatic rings. The van der Waals surface area contributed by atoms with Crippen molar-refractivity contribution < 1.29 is 9.21 Å².